The van der Waals surface area contributed by atoms with Gasteiger partial charge >= 0.3 is 0 Å². The average Bonchev–Trinajstić information content (AvgIpc) is 2.96. The zero-order valence-corrected chi connectivity index (χ0v) is 17.3. The Morgan fingerprint density at radius 1 is 1.42 bits per heavy atom. The third-order valence-electron chi connectivity index (χ3n) is 4.29. The molecule has 2 aromatic heterocycles. The second-order valence-electron chi connectivity index (χ2n) is 7.63. The molecule has 6 nitrogen and oxygen atoms in total. The van der Waals surface area contributed by atoms with Crippen molar-refractivity contribution >= 4 is 13.9 Å². The molecule has 3 N–H and O–H groups in total. The van der Waals surface area contributed by atoms with Gasteiger partial charge in [0, 0.05) is 26.4 Å². The van der Waals surface area contributed by atoms with Crippen molar-refractivity contribution in [2.24, 2.45) is 0 Å². The van der Waals surface area contributed by atoms with Gasteiger partial charge in [0.15, 0.2) is 0 Å². The van der Waals surface area contributed by atoms with Gasteiger partial charge in [-0.2, -0.15) is 5.10 Å². The van der Waals surface area contributed by atoms with Crippen molar-refractivity contribution in [2.75, 3.05) is 19.4 Å². The molecule has 1 atom stereocenters. The zero-order chi connectivity index (χ0) is 19.2. The van der Waals surface area contributed by atoms with Crippen molar-refractivity contribution in [1.29, 1.82) is 0 Å². The molecule has 142 valence electrons. The van der Waals surface area contributed by atoms with Gasteiger partial charge in [-0.15, -0.1) is 6.58 Å². The second-order valence-corrected chi connectivity index (χ2v) is 13.2. The van der Waals surface area contributed by atoms with Crippen LogP contribution in [-0.2, 0) is 11.5 Å². The van der Waals surface area contributed by atoms with Gasteiger partial charge in [-0.05, 0) is 37.2 Å². The Morgan fingerprint density at radius 2 is 2.19 bits per heavy atom. The molecule has 0 aromatic carbocycles. The number of hydrogen-bond acceptors (Lipinski definition) is 5. The van der Waals surface area contributed by atoms with Crippen LogP contribution in [0.1, 0.15) is 18.2 Å². The van der Waals surface area contributed by atoms with E-state index < -0.39 is 8.07 Å². The predicted molar refractivity (Wildman–Crippen MR) is 111 cm³/mol. The van der Waals surface area contributed by atoms with Crippen LogP contribution in [0.25, 0.3) is 11.1 Å². The molecule has 0 aliphatic carbocycles. The molecule has 7 heteroatoms. The van der Waals surface area contributed by atoms with Gasteiger partial charge in [0.2, 0.25) is 0 Å². The summed E-state index contributed by atoms with van der Waals surface area (Å²) in [5.74, 6) is 0.611. The van der Waals surface area contributed by atoms with Crippen molar-refractivity contribution in [3.8, 4) is 11.1 Å². The number of nitrogens with two attached hydrogens (primary N) is 1. The van der Waals surface area contributed by atoms with Crippen molar-refractivity contribution in [2.45, 2.75) is 44.9 Å². The highest BCUT2D eigenvalue weighted by Crippen LogP contribution is 2.27. The molecular formula is C19H31N5OSi. The van der Waals surface area contributed by atoms with Crippen LogP contribution in [0.15, 0.2) is 37.2 Å². The van der Waals surface area contributed by atoms with E-state index in [1.54, 1.807) is 17.1 Å². The standard InChI is InChI=1S/C19H31N5OSi/c1-6-7-17(21-2)18-12-15(8-9-22-18)16-13-23-24(19(16)20)14-25-10-11-26(3,4)5/h6,8-9,12-13,17,21H,1,7,10-11,14,20H2,2-5H3/t17-/m0/s1. The Balaban J connectivity index is 2.10. The maximum atomic E-state index is 6.30. The van der Waals surface area contributed by atoms with Gasteiger partial charge in [-0.25, -0.2) is 4.68 Å². The highest BCUT2D eigenvalue weighted by Gasteiger charge is 2.15. The minimum absolute atomic E-state index is 0.133. The highest BCUT2D eigenvalue weighted by molar-refractivity contribution is 6.76. The van der Waals surface area contributed by atoms with Crippen LogP contribution in [0, 0.1) is 0 Å². The quantitative estimate of drug-likeness (QED) is 0.377. The molecule has 2 heterocycles. The monoisotopic (exact) mass is 373 g/mol. The Bertz CT molecular complexity index is 723. The first kappa shape index (κ1) is 20.4. The van der Waals surface area contributed by atoms with Crippen molar-refractivity contribution in [3.05, 3.63) is 42.9 Å². The highest BCUT2D eigenvalue weighted by atomic mass is 28.3. The summed E-state index contributed by atoms with van der Waals surface area (Å²) in [5, 5.41) is 7.64. The second kappa shape index (κ2) is 9.11. The van der Waals surface area contributed by atoms with Crippen molar-refractivity contribution < 1.29 is 4.74 Å². The Hall–Kier alpha value is -1.96. The van der Waals surface area contributed by atoms with Crippen LogP contribution in [0.2, 0.25) is 25.7 Å². The molecule has 0 unspecified atom stereocenters. The SMILES string of the molecule is C=CC[C@H](NC)c1cc(-c2cnn(COCC[Si](C)(C)C)c2N)ccn1. The van der Waals surface area contributed by atoms with Crippen LogP contribution < -0.4 is 11.1 Å². The lowest BCUT2D eigenvalue weighted by Crippen LogP contribution is -2.22. The van der Waals surface area contributed by atoms with Gasteiger partial charge in [0.25, 0.3) is 0 Å². The number of anilines is 1. The molecule has 0 fully saturated rings. The Morgan fingerprint density at radius 3 is 2.85 bits per heavy atom. The van der Waals surface area contributed by atoms with Gasteiger partial charge in [-0.1, -0.05) is 25.7 Å². The lowest BCUT2D eigenvalue weighted by Gasteiger charge is -2.15. The fourth-order valence-electron chi connectivity index (χ4n) is 2.61. The first-order chi connectivity index (χ1) is 12.4. The first-order valence-corrected chi connectivity index (χ1v) is 12.7. The number of nitrogen functional groups attached to an aromatic ring is 1. The summed E-state index contributed by atoms with van der Waals surface area (Å²) in [6.07, 6.45) is 6.30. The molecule has 0 radical (unpaired) electrons. The number of hydrogen-bond donors (Lipinski definition) is 2. The van der Waals surface area contributed by atoms with E-state index in [2.05, 4.69) is 47.7 Å². The molecule has 26 heavy (non-hydrogen) atoms. The minimum Gasteiger partial charge on any atom is -0.383 e. The number of aromatic nitrogens is 3. The lowest BCUT2D eigenvalue weighted by molar-refractivity contribution is 0.0802. The van der Waals surface area contributed by atoms with E-state index in [1.807, 2.05) is 19.2 Å². The molecule has 0 aliphatic rings. The summed E-state index contributed by atoms with van der Waals surface area (Å²) in [5.41, 5.74) is 9.16. The molecule has 2 rings (SSSR count). The molecular weight excluding hydrogens is 342 g/mol. The lowest BCUT2D eigenvalue weighted by atomic mass is 10.0. The maximum absolute atomic E-state index is 6.30. The van der Waals surface area contributed by atoms with Gasteiger partial charge in [0.05, 0.1) is 17.9 Å². The summed E-state index contributed by atoms with van der Waals surface area (Å²) < 4.78 is 7.47. The van der Waals surface area contributed by atoms with Gasteiger partial charge in [0.1, 0.15) is 12.5 Å². The van der Waals surface area contributed by atoms with E-state index in [4.69, 9.17) is 10.5 Å². The summed E-state index contributed by atoms with van der Waals surface area (Å²) in [6.45, 7) is 11.9. The van der Waals surface area contributed by atoms with E-state index in [0.717, 1.165) is 35.9 Å². The Labute approximate surface area is 157 Å². The van der Waals surface area contributed by atoms with Crippen LogP contribution in [0.3, 0.4) is 0 Å². The molecule has 0 spiro atoms. The predicted octanol–water partition coefficient (Wildman–Crippen LogP) is 3.68. The molecule has 0 saturated carbocycles. The fourth-order valence-corrected chi connectivity index (χ4v) is 3.37. The number of nitrogens with zero attached hydrogens (tertiary/aromatic N) is 3. The zero-order valence-electron chi connectivity index (χ0n) is 16.3. The summed E-state index contributed by atoms with van der Waals surface area (Å²) in [6, 6.07) is 5.26. The van der Waals surface area contributed by atoms with E-state index in [1.165, 1.54) is 0 Å². The molecule has 2 aromatic rings. The third-order valence-corrected chi connectivity index (χ3v) is 5.99. The van der Waals surface area contributed by atoms with Crippen molar-refractivity contribution in [3.63, 3.8) is 0 Å². The van der Waals surface area contributed by atoms with Crippen LogP contribution in [0.4, 0.5) is 5.82 Å². The summed E-state index contributed by atoms with van der Waals surface area (Å²) >= 11 is 0. The number of rotatable bonds is 10. The first-order valence-electron chi connectivity index (χ1n) is 8.99. The van der Waals surface area contributed by atoms with Gasteiger partial charge < -0.3 is 15.8 Å². The number of pyridine rings is 1. The van der Waals surface area contributed by atoms with Crippen LogP contribution in [0.5, 0.6) is 0 Å². The fraction of sp³-hybridized carbons (Fsp3) is 0.474. The third kappa shape index (κ3) is 5.52. The van der Waals surface area contributed by atoms with E-state index >= 15 is 0 Å². The molecule has 0 saturated heterocycles. The molecule has 0 aliphatic heterocycles. The summed E-state index contributed by atoms with van der Waals surface area (Å²) in [7, 11) is 0.833. The van der Waals surface area contributed by atoms with Crippen LogP contribution >= 0.6 is 0 Å². The smallest absolute Gasteiger partial charge is 0.141 e. The Kier molecular flexibility index (Phi) is 7.13. The average molecular weight is 374 g/mol. The number of nitrogens with one attached hydrogen (secondary N) is 1. The molecule has 0 amide bonds. The normalized spacial score (nSPS) is 12.9. The van der Waals surface area contributed by atoms with E-state index in [9.17, 15) is 0 Å². The minimum atomic E-state index is -1.09. The maximum Gasteiger partial charge on any atom is 0.141 e. The van der Waals surface area contributed by atoms with Crippen LogP contribution in [-0.4, -0.2) is 36.5 Å². The summed E-state index contributed by atoms with van der Waals surface area (Å²) in [4.78, 5) is 4.48. The van der Waals surface area contributed by atoms with E-state index in [-0.39, 0.29) is 6.04 Å². The van der Waals surface area contributed by atoms with Gasteiger partial charge in [-0.3, -0.25) is 4.98 Å². The molecule has 0 bridgehead atoms. The van der Waals surface area contributed by atoms with Crippen molar-refractivity contribution in [1.82, 2.24) is 20.1 Å². The van der Waals surface area contributed by atoms with E-state index in [0.29, 0.717) is 12.5 Å². The largest absolute Gasteiger partial charge is 0.383 e. The topological polar surface area (TPSA) is 78.0 Å². The number of ether oxygens (including phenoxy) is 1.